The second kappa shape index (κ2) is 6.46. The van der Waals surface area contributed by atoms with Gasteiger partial charge in [0.15, 0.2) is 0 Å². The quantitative estimate of drug-likeness (QED) is 0.655. The van der Waals surface area contributed by atoms with Gasteiger partial charge in [-0.25, -0.2) is 0 Å². The van der Waals surface area contributed by atoms with Crippen LogP contribution in [0.1, 0.15) is 39.5 Å². The van der Waals surface area contributed by atoms with Crippen molar-refractivity contribution in [1.82, 2.24) is 5.32 Å². The zero-order valence-corrected chi connectivity index (χ0v) is 8.17. The number of amides is 1. The first-order chi connectivity index (χ1) is 6.06. The molecule has 0 radical (unpaired) electrons. The smallest absolute Gasteiger partial charge is 0.303 e. The molecule has 76 valence electrons. The maximum absolute atomic E-state index is 10.7. The summed E-state index contributed by atoms with van der Waals surface area (Å²) >= 11 is 0. The summed E-state index contributed by atoms with van der Waals surface area (Å²) in [4.78, 5) is 21.0. The van der Waals surface area contributed by atoms with Crippen molar-refractivity contribution in [2.75, 3.05) is 0 Å². The molecule has 0 rings (SSSR count). The third kappa shape index (κ3) is 7.31. The molecule has 0 aromatic heterocycles. The van der Waals surface area contributed by atoms with Gasteiger partial charge in [0.05, 0.1) is 0 Å². The number of carbonyl (C=O) groups is 2. The SMILES string of the molecule is CCCC(CCC(=O)O)NC(C)=O. The first kappa shape index (κ1) is 11.9. The fraction of sp³-hybridized carbons (Fsp3) is 0.778. The summed E-state index contributed by atoms with van der Waals surface area (Å²) in [5.74, 6) is -0.907. The average molecular weight is 187 g/mol. The fourth-order valence-corrected chi connectivity index (χ4v) is 1.22. The molecule has 0 spiro atoms. The van der Waals surface area contributed by atoms with E-state index in [4.69, 9.17) is 5.11 Å². The monoisotopic (exact) mass is 187 g/mol. The maximum atomic E-state index is 10.7. The van der Waals surface area contributed by atoms with Gasteiger partial charge in [0.25, 0.3) is 0 Å². The van der Waals surface area contributed by atoms with E-state index in [1.54, 1.807) is 0 Å². The largest absolute Gasteiger partial charge is 0.481 e. The van der Waals surface area contributed by atoms with E-state index in [9.17, 15) is 9.59 Å². The minimum absolute atomic E-state index is 0.0126. The molecule has 1 atom stereocenters. The summed E-state index contributed by atoms with van der Waals surface area (Å²) in [6.07, 6.45) is 2.42. The predicted octanol–water partition coefficient (Wildman–Crippen LogP) is 1.16. The molecular weight excluding hydrogens is 170 g/mol. The predicted molar refractivity (Wildman–Crippen MR) is 49.4 cm³/mol. The zero-order valence-electron chi connectivity index (χ0n) is 8.17. The fourth-order valence-electron chi connectivity index (χ4n) is 1.22. The Morgan fingerprint density at radius 2 is 2.00 bits per heavy atom. The topological polar surface area (TPSA) is 66.4 Å². The molecule has 1 amide bonds. The molecule has 4 heteroatoms. The first-order valence-corrected chi connectivity index (χ1v) is 4.55. The van der Waals surface area contributed by atoms with Gasteiger partial charge in [-0.1, -0.05) is 13.3 Å². The maximum Gasteiger partial charge on any atom is 0.303 e. The molecule has 0 saturated heterocycles. The number of nitrogens with one attached hydrogen (secondary N) is 1. The van der Waals surface area contributed by atoms with Crippen molar-refractivity contribution < 1.29 is 14.7 Å². The van der Waals surface area contributed by atoms with Crippen LogP contribution in [0, 0.1) is 0 Å². The third-order valence-electron chi connectivity index (χ3n) is 1.75. The van der Waals surface area contributed by atoms with Crippen molar-refractivity contribution in [1.29, 1.82) is 0 Å². The van der Waals surface area contributed by atoms with Crippen LogP contribution in [0.4, 0.5) is 0 Å². The zero-order chi connectivity index (χ0) is 10.3. The molecule has 0 aliphatic heterocycles. The van der Waals surface area contributed by atoms with Crippen LogP contribution < -0.4 is 5.32 Å². The Balaban J connectivity index is 3.79. The Morgan fingerprint density at radius 1 is 1.38 bits per heavy atom. The number of hydrogen-bond donors (Lipinski definition) is 2. The van der Waals surface area contributed by atoms with E-state index in [1.807, 2.05) is 6.92 Å². The Kier molecular flexibility index (Phi) is 5.93. The van der Waals surface area contributed by atoms with E-state index in [1.165, 1.54) is 6.92 Å². The van der Waals surface area contributed by atoms with Crippen LogP contribution in [0.3, 0.4) is 0 Å². The van der Waals surface area contributed by atoms with Gasteiger partial charge in [-0.3, -0.25) is 9.59 Å². The summed E-state index contributed by atoms with van der Waals surface area (Å²) in [7, 11) is 0. The molecule has 0 saturated carbocycles. The Morgan fingerprint density at radius 3 is 2.38 bits per heavy atom. The Bertz CT molecular complexity index is 180. The van der Waals surface area contributed by atoms with Crippen LogP contribution >= 0.6 is 0 Å². The summed E-state index contributed by atoms with van der Waals surface area (Å²) in [5, 5.41) is 11.2. The molecular formula is C9H17NO3. The Labute approximate surface area is 78.3 Å². The molecule has 0 fully saturated rings. The number of carbonyl (C=O) groups excluding carboxylic acids is 1. The average Bonchev–Trinajstić information content (AvgIpc) is 1.99. The van der Waals surface area contributed by atoms with Gasteiger partial charge >= 0.3 is 5.97 Å². The number of aliphatic carboxylic acids is 1. The normalized spacial score (nSPS) is 12.2. The second-order valence-electron chi connectivity index (χ2n) is 3.12. The molecule has 0 aromatic carbocycles. The van der Waals surface area contributed by atoms with Gasteiger partial charge in [-0.15, -0.1) is 0 Å². The van der Waals surface area contributed by atoms with Gasteiger partial charge in [-0.05, 0) is 12.8 Å². The molecule has 0 aromatic rings. The number of carboxylic acids is 1. The second-order valence-corrected chi connectivity index (χ2v) is 3.12. The molecule has 2 N–H and O–H groups in total. The molecule has 0 heterocycles. The number of hydrogen-bond acceptors (Lipinski definition) is 2. The lowest BCUT2D eigenvalue weighted by Gasteiger charge is -2.15. The number of carboxylic acid groups (broad SMARTS) is 1. The minimum atomic E-state index is -0.813. The summed E-state index contributed by atoms with van der Waals surface area (Å²) in [5.41, 5.74) is 0. The lowest BCUT2D eigenvalue weighted by atomic mass is 10.1. The highest BCUT2D eigenvalue weighted by atomic mass is 16.4. The lowest BCUT2D eigenvalue weighted by molar-refractivity contribution is -0.137. The highest BCUT2D eigenvalue weighted by molar-refractivity contribution is 5.73. The highest BCUT2D eigenvalue weighted by Crippen LogP contribution is 2.04. The van der Waals surface area contributed by atoms with Crippen LogP contribution in [0.15, 0.2) is 0 Å². The van der Waals surface area contributed by atoms with E-state index in [0.717, 1.165) is 12.8 Å². The van der Waals surface area contributed by atoms with Crippen molar-refractivity contribution in [2.24, 2.45) is 0 Å². The highest BCUT2D eigenvalue weighted by Gasteiger charge is 2.10. The van der Waals surface area contributed by atoms with Crippen molar-refractivity contribution in [2.45, 2.75) is 45.6 Å². The third-order valence-corrected chi connectivity index (χ3v) is 1.75. The summed E-state index contributed by atoms with van der Waals surface area (Å²) < 4.78 is 0. The molecule has 0 aliphatic rings. The van der Waals surface area contributed by atoms with Crippen molar-refractivity contribution in [3.63, 3.8) is 0 Å². The van der Waals surface area contributed by atoms with E-state index < -0.39 is 5.97 Å². The van der Waals surface area contributed by atoms with E-state index in [0.29, 0.717) is 6.42 Å². The Hall–Kier alpha value is -1.06. The first-order valence-electron chi connectivity index (χ1n) is 4.55. The van der Waals surface area contributed by atoms with E-state index in [-0.39, 0.29) is 18.4 Å². The van der Waals surface area contributed by atoms with Crippen LogP contribution in [-0.4, -0.2) is 23.0 Å². The van der Waals surface area contributed by atoms with E-state index in [2.05, 4.69) is 5.32 Å². The molecule has 4 nitrogen and oxygen atoms in total. The van der Waals surface area contributed by atoms with Crippen molar-refractivity contribution in [3.05, 3.63) is 0 Å². The van der Waals surface area contributed by atoms with Crippen LogP contribution in [0.2, 0.25) is 0 Å². The van der Waals surface area contributed by atoms with Gasteiger partial charge in [-0.2, -0.15) is 0 Å². The van der Waals surface area contributed by atoms with Crippen molar-refractivity contribution >= 4 is 11.9 Å². The summed E-state index contributed by atoms with van der Waals surface area (Å²) in [6.45, 7) is 3.46. The number of rotatable bonds is 6. The minimum Gasteiger partial charge on any atom is -0.481 e. The van der Waals surface area contributed by atoms with Gasteiger partial charge < -0.3 is 10.4 Å². The summed E-state index contributed by atoms with van der Waals surface area (Å²) in [6, 6.07) is 0.0126. The lowest BCUT2D eigenvalue weighted by Crippen LogP contribution is -2.33. The van der Waals surface area contributed by atoms with Crippen LogP contribution in [-0.2, 0) is 9.59 Å². The molecule has 0 aliphatic carbocycles. The molecule has 13 heavy (non-hydrogen) atoms. The van der Waals surface area contributed by atoms with Crippen LogP contribution in [0.25, 0.3) is 0 Å². The van der Waals surface area contributed by atoms with Crippen LogP contribution in [0.5, 0.6) is 0 Å². The molecule has 1 unspecified atom stereocenters. The van der Waals surface area contributed by atoms with Gasteiger partial charge in [0, 0.05) is 19.4 Å². The van der Waals surface area contributed by atoms with Gasteiger partial charge in [0.2, 0.25) is 5.91 Å². The standard InChI is InChI=1S/C9H17NO3/c1-3-4-8(10-7(2)11)5-6-9(12)13/h8H,3-6H2,1-2H3,(H,10,11)(H,12,13). The van der Waals surface area contributed by atoms with Crippen molar-refractivity contribution in [3.8, 4) is 0 Å². The van der Waals surface area contributed by atoms with Gasteiger partial charge in [0.1, 0.15) is 0 Å². The molecule has 0 bridgehead atoms. The van der Waals surface area contributed by atoms with E-state index >= 15 is 0 Å².